The molecule has 1 aromatic rings. The molecule has 2 aliphatic heterocycles. The van der Waals surface area contributed by atoms with E-state index in [-0.39, 0.29) is 5.91 Å². The number of hydrogen-bond donors (Lipinski definition) is 1. The maximum absolute atomic E-state index is 12.0. The lowest BCUT2D eigenvalue weighted by Crippen LogP contribution is -2.39. The van der Waals surface area contributed by atoms with Gasteiger partial charge in [-0.25, -0.2) is 0 Å². The Morgan fingerprint density at radius 1 is 1.45 bits per heavy atom. The van der Waals surface area contributed by atoms with E-state index >= 15 is 0 Å². The highest BCUT2D eigenvalue weighted by molar-refractivity contribution is 5.74. The molecule has 0 aliphatic carbocycles. The van der Waals surface area contributed by atoms with Crippen molar-refractivity contribution in [2.75, 3.05) is 19.6 Å². The highest BCUT2D eigenvalue weighted by Gasteiger charge is 2.45. The third-order valence-electron chi connectivity index (χ3n) is 4.85. The fourth-order valence-electron chi connectivity index (χ4n) is 3.80. The Labute approximate surface area is 120 Å². The fraction of sp³-hybridized carbons (Fsp3) is 0.625. The number of nitrogens with one attached hydrogen (secondary N) is 1. The number of nitrogens with zero attached hydrogens (tertiary/aromatic N) is 2. The summed E-state index contributed by atoms with van der Waals surface area (Å²) in [5.41, 5.74) is 1.44. The van der Waals surface area contributed by atoms with E-state index in [2.05, 4.69) is 21.3 Å². The zero-order valence-corrected chi connectivity index (χ0v) is 12.1. The van der Waals surface area contributed by atoms with Crippen molar-refractivity contribution in [2.45, 2.75) is 38.6 Å². The van der Waals surface area contributed by atoms with Crippen molar-refractivity contribution in [1.29, 1.82) is 0 Å². The van der Waals surface area contributed by atoms with Gasteiger partial charge in [-0.2, -0.15) is 0 Å². The minimum atomic E-state index is 0.210. The number of piperidine rings is 1. The minimum Gasteiger partial charge on any atom is -0.339 e. The van der Waals surface area contributed by atoms with Crippen LogP contribution in [0.2, 0.25) is 0 Å². The van der Waals surface area contributed by atoms with E-state index in [4.69, 9.17) is 0 Å². The first-order valence-corrected chi connectivity index (χ1v) is 7.56. The van der Waals surface area contributed by atoms with Crippen LogP contribution < -0.4 is 5.32 Å². The Kier molecular flexibility index (Phi) is 3.74. The number of amides is 1. The summed E-state index contributed by atoms with van der Waals surface area (Å²) in [4.78, 5) is 18.5. The number of pyridine rings is 1. The summed E-state index contributed by atoms with van der Waals surface area (Å²) < 4.78 is 0. The quantitative estimate of drug-likeness (QED) is 0.890. The molecule has 1 atom stereocenters. The Morgan fingerprint density at radius 2 is 2.25 bits per heavy atom. The number of carbonyl (C=O) groups excluding carboxylic acids is 1. The van der Waals surface area contributed by atoms with Gasteiger partial charge in [0.2, 0.25) is 5.91 Å². The van der Waals surface area contributed by atoms with Crippen molar-refractivity contribution in [3.8, 4) is 0 Å². The van der Waals surface area contributed by atoms with Crippen LogP contribution in [0.1, 0.15) is 31.9 Å². The van der Waals surface area contributed by atoms with Crippen LogP contribution in [0.5, 0.6) is 0 Å². The predicted octanol–water partition coefficient (Wildman–Crippen LogP) is 1.61. The fourth-order valence-corrected chi connectivity index (χ4v) is 3.80. The molecule has 4 heteroatoms. The van der Waals surface area contributed by atoms with Crippen molar-refractivity contribution in [3.05, 3.63) is 30.1 Å². The molecule has 20 heavy (non-hydrogen) atoms. The number of likely N-dealkylation sites (tertiary alicyclic amines) is 1. The molecule has 2 fully saturated rings. The summed E-state index contributed by atoms with van der Waals surface area (Å²) in [6.45, 7) is 4.80. The molecule has 0 saturated carbocycles. The zero-order chi connectivity index (χ0) is 14.0. The van der Waals surface area contributed by atoms with E-state index in [1.54, 1.807) is 6.92 Å². The first-order chi connectivity index (χ1) is 9.69. The van der Waals surface area contributed by atoms with Crippen LogP contribution in [0.25, 0.3) is 0 Å². The summed E-state index contributed by atoms with van der Waals surface area (Å²) >= 11 is 0. The van der Waals surface area contributed by atoms with Crippen molar-refractivity contribution in [3.63, 3.8) is 0 Å². The van der Waals surface area contributed by atoms with E-state index in [0.717, 1.165) is 38.2 Å². The topological polar surface area (TPSA) is 45.2 Å². The lowest BCUT2D eigenvalue weighted by atomic mass is 9.77. The standard InChI is InChI=1S/C16H23N3O/c1-13(20)19-12-16(5-8-17-9-6-16)11-15(19)10-14-4-2-3-7-18-14/h2-4,7,15,17H,5-6,8-12H2,1H3. The smallest absolute Gasteiger partial charge is 0.219 e. The van der Waals surface area contributed by atoms with E-state index in [0.29, 0.717) is 11.5 Å². The maximum Gasteiger partial charge on any atom is 0.219 e. The van der Waals surface area contributed by atoms with E-state index < -0.39 is 0 Å². The van der Waals surface area contributed by atoms with Crippen LogP contribution in [0.15, 0.2) is 24.4 Å². The highest BCUT2D eigenvalue weighted by atomic mass is 16.2. The van der Waals surface area contributed by atoms with Crippen molar-refractivity contribution in [1.82, 2.24) is 15.2 Å². The van der Waals surface area contributed by atoms with Gasteiger partial charge in [0.15, 0.2) is 0 Å². The van der Waals surface area contributed by atoms with Crippen molar-refractivity contribution >= 4 is 5.91 Å². The van der Waals surface area contributed by atoms with E-state index in [1.165, 1.54) is 12.8 Å². The van der Waals surface area contributed by atoms with Gasteiger partial charge < -0.3 is 10.2 Å². The molecule has 0 bridgehead atoms. The molecule has 3 rings (SSSR count). The molecule has 3 heterocycles. The third kappa shape index (κ3) is 2.70. The summed E-state index contributed by atoms with van der Waals surface area (Å²) in [6, 6.07) is 6.34. The number of aromatic nitrogens is 1. The predicted molar refractivity (Wildman–Crippen MR) is 78.3 cm³/mol. The second-order valence-electron chi connectivity index (χ2n) is 6.28. The van der Waals surface area contributed by atoms with Crippen molar-refractivity contribution in [2.24, 2.45) is 5.41 Å². The Balaban J connectivity index is 1.76. The van der Waals surface area contributed by atoms with Crippen LogP contribution in [0.4, 0.5) is 0 Å². The van der Waals surface area contributed by atoms with Crippen LogP contribution in [-0.4, -0.2) is 41.5 Å². The van der Waals surface area contributed by atoms with Gasteiger partial charge in [0.1, 0.15) is 0 Å². The first kappa shape index (κ1) is 13.6. The lowest BCUT2D eigenvalue weighted by Gasteiger charge is -2.33. The molecule has 1 N–H and O–H groups in total. The average Bonchev–Trinajstić information content (AvgIpc) is 2.79. The van der Waals surface area contributed by atoms with Gasteiger partial charge >= 0.3 is 0 Å². The maximum atomic E-state index is 12.0. The Hall–Kier alpha value is -1.42. The van der Waals surface area contributed by atoms with Gasteiger partial charge in [-0.15, -0.1) is 0 Å². The van der Waals surface area contributed by atoms with Crippen LogP contribution in [0, 0.1) is 5.41 Å². The third-order valence-corrected chi connectivity index (χ3v) is 4.85. The molecule has 4 nitrogen and oxygen atoms in total. The van der Waals surface area contributed by atoms with Crippen LogP contribution in [-0.2, 0) is 11.2 Å². The largest absolute Gasteiger partial charge is 0.339 e. The molecular weight excluding hydrogens is 250 g/mol. The van der Waals surface area contributed by atoms with Gasteiger partial charge in [0.05, 0.1) is 0 Å². The molecular formula is C16H23N3O. The van der Waals surface area contributed by atoms with E-state index in [1.807, 2.05) is 18.3 Å². The average molecular weight is 273 g/mol. The molecule has 1 amide bonds. The molecule has 108 valence electrons. The summed E-state index contributed by atoms with van der Waals surface area (Å²) in [5.74, 6) is 0.210. The second-order valence-corrected chi connectivity index (χ2v) is 6.28. The summed E-state index contributed by atoms with van der Waals surface area (Å²) in [6.07, 6.45) is 6.23. The molecule has 1 aromatic heterocycles. The minimum absolute atomic E-state index is 0.210. The van der Waals surface area contributed by atoms with Gasteiger partial charge in [0.25, 0.3) is 0 Å². The lowest BCUT2D eigenvalue weighted by molar-refractivity contribution is -0.130. The molecule has 2 aliphatic rings. The SMILES string of the molecule is CC(=O)N1CC2(CCNCC2)CC1Cc1ccccn1. The molecule has 2 saturated heterocycles. The van der Waals surface area contributed by atoms with Gasteiger partial charge in [-0.3, -0.25) is 9.78 Å². The van der Waals surface area contributed by atoms with Gasteiger partial charge in [0, 0.05) is 37.8 Å². The first-order valence-electron chi connectivity index (χ1n) is 7.56. The molecule has 1 unspecified atom stereocenters. The van der Waals surface area contributed by atoms with Crippen LogP contribution in [0.3, 0.4) is 0 Å². The zero-order valence-electron chi connectivity index (χ0n) is 12.1. The van der Waals surface area contributed by atoms with Gasteiger partial charge in [-0.05, 0) is 49.9 Å². The van der Waals surface area contributed by atoms with Crippen LogP contribution >= 0.6 is 0 Å². The van der Waals surface area contributed by atoms with E-state index in [9.17, 15) is 4.79 Å². The van der Waals surface area contributed by atoms with Crippen molar-refractivity contribution < 1.29 is 4.79 Å². The number of carbonyl (C=O) groups is 1. The Morgan fingerprint density at radius 3 is 2.90 bits per heavy atom. The normalized spacial score (nSPS) is 25.1. The summed E-state index contributed by atoms with van der Waals surface area (Å²) in [7, 11) is 0. The monoisotopic (exact) mass is 273 g/mol. The molecule has 0 aromatic carbocycles. The summed E-state index contributed by atoms with van der Waals surface area (Å²) in [5, 5.41) is 3.43. The second kappa shape index (κ2) is 5.52. The molecule has 1 spiro atoms. The van der Waals surface area contributed by atoms with Gasteiger partial charge in [-0.1, -0.05) is 6.07 Å². The molecule has 0 radical (unpaired) electrons. The highest BCUT2D eigenvalue weighted by Crippen LogP contribution is 2.42. The number of hydrogen-bond acceptors (Lipinski definition) is 3. The Bertz CT molecular complexity index is 468. The number of rotatable bonds is 2.